The Kier molecular flexibility index (Phi) is 2.03. The first-order valence-electron chi connectivity index (χ1n) is 5.24. The van der Waals surface area contributed by atoms with Crippen molar-refractivity contribution < 1.29 is 4.52 Å². The van der Waals surface area contributed by atoms with E-state index in [1.807, 2.05) is 6.07 Å². The lowest BCUT2D eigenvalue weighted by molar-refractivity contribution is 0.259. The summed E-state index contributed by atoms with van der Waals surface area (Å²) < 4.78 is 5.11. The molecule has 4 nitrogen and oxygen atoms in total. The molecule has 2 fully saturated rings. The van der Waals surface area contributed by atoms with Gasteiger partial charge in [-0.05, 0) is 24.9 Å². The lowest BCUT2D eigenvalue weighted by Gasteiger charge is -2.14. The molecular weight excluding hydrogens is 178 g/mol. The van der Waals surface area contributed by atoms with Crippen molar-refractivity contribution in [1.29, 1.82) is 0 Å². The van der Waals surface area contributed by atoms with Gasteiger partial charge < -0.3 is 9.84 Å². The van der Waals surface area contributed by atoms with Gasteiger partial charge in [-0.2, -0.15) is 0 Å². The van der Waals surface area contributed by atoms with Crippen molar-refractivity contribution in [3.8, 4) is 0 Å². The van der Waals surface area contributed by atoms with Crippen molar-refractivity contribution in [2.75, 3.05) is 26.2 Å². The van der Waals surface area contributed by atoms with E-state index in [0.29, 0.717) is 0 Å². The molecule has 0 radical (unpaired) electrons. The summed E-state index contributed by atoms with van der Waals surface area (Å²) in [5.74, 6) is 2.70. The van der Waals surface area contributed by atoms with Crippen LogP contribution in [0.1, 0.15) is 5.76 Å². The second-order valence-electron chi connectivity index (χ2n) is 4.35. The van der Waals surface area contributed by atoms with E-state index >= 15 is 0 Å². The average molecular weight is 193 g/mol. The van der Waals surface area contributed by atoms with Crippen molar-refractivity contribution in [2.45, 2.75) is 6.54 Å². The zero-order chi connectivity index (χ0) is 9.38. The van der Waals surface area contributed by atoms with E-state index in [2.05, 4.69) is 15.4 Å². The molecule has 4 heteroatoms. The molecule has 3 heterocycles. The van der Waals surface area contributed by atoms with E-state index in [0.717, 1.165) is 24.1 Å². The molecule has 1 N–H and O–H groups in total. The van der Waals surface area contributed by atoms with E-state index < -0.39 is 0 Å². The second-order valence-corrected chi connectivity index (χ2v) is 4.35. The lowest BCUT2D eigenvalue weighted by atomic mass is 10.0. The quantitative estimate of drug-likeness (QED) is 0.734. The molecule has 2 aliphatic heterocycles. The van der Waals surface area contributed by atoms with Gasteiger partial charge in [0, 0.05) is 19.2 Å². The summed E-state index contributed by atoms with van der Waals surface area (Å²) in [6.07, 6.45) is 1.72. The summed E-state index contributed by atoms with van der Waals surface area (Å²) in [4.78, 5) is 2.47. The van der Waals surface area contributed by atoms with Crippen molar-refractivity contribution in [2.24, 2.45) is 11.8 Å². The van der Waals surface area contributed by atoms with E-state index in [9.17, 15) is 0 Å². The van der Waals surface area contributed by atoms with Gasteiger partial charge in [-0.15, -0.1) is 0 Å². The highest BCUT2D eigenvalue weighted by molar-refractivity contribution is 4.97. The Bertz CT molecular complexity index is 286. The molecule has 14 heavy (non-hydrogen) atoms. The first kappa shape index (κ1) is 8.44. The Hall–Kier alpha value is -0.870. The van der Waals surface area contributed by atoms with Gasteiger partial charge in [0.2, 0.25) is 0 Å². The molecule has 0 bridgehead atoms. The molecule has 0 unspecified atom stereocenters. The van der Waals surface area contributed by atoms with Crippen LogP contribution in [0.15, 0.2) is 16.8 Å². The molecule has 2 atom stereocenters. The Morgan fingerprint density at radius 2 is 2.21 bits per heavy atom. The number of likely N-dealkylation sites (tertiary alicyclic amines) is 1. The van der Waals surface area contributed by atoms with Crippen LogP contribution in [-0.2, 0) is 6.54 Å². The summed E-state index contributed by atoms with van der Waals surface area (Å²) in [5.41, 5.74) is 0. The van der Waals surface area contributed by atoms with Crippen molar-refractivity contribution in [1.82, 2.24) is 15.4 Å². The van der Waals surface area contributed by atoms with E-state index in [4.69, 9.17) is 4.52 Å². The molecule has 3 rings (SSSR count). The van der Waals surface area contributed by atoms with Gasteiger partial charge in [0.1, 0.15) is 0 Å². The van der Waals surface area contributed by atoms with Crippen LogP contribution in [0.5, 0.6) is 0 Å². The lowest BCUT2D eigenvalue weighted by Crippen LogP contribution is -2.25. The Balaban J connectivity index is 1.61. The maximum Gasteiger partial charge on any atom is 0.150 e. The van der Waals surface area contributed by atoms with Crippen molar-refractivity contribution in [3.63, 3.8) is 0 Å². The zero-order valence-electron chi connectivity index (χ0n) is 8.15. The number of rotatable bonds is 2. The molecule has 1 aromatic heterocycles. The van der Waals surface area contributed by atoms with Crippen LogP contribution >= 0.6 is 0 Å². The van der Waals surface area contributed by atoms with Gasteiger partial charge in [0.05, 0.1) is 12.7 Å². The molecule has 0 aliphatic carbocycles. The topological polar surface area (TPSA) is 41.3 Å². The van der Waals surface area contributed by atoms with Gasteiger partial charge >= 0.3 is 0 Å². The fraction of sp³-hybridized carbons (Fsp3) is 0.700. The largest absolute Gasteiger partial charge is 0.360 e. The normalized spacial score (nSPS) is 32.3. The van der Waals surface area contributed by atoms with Crippen LogP contribution in [-0.4, -0.2) is 36.2 Å². The Morgan fingerprint density at radius 1 is 1.43 bits per heavy atom. The number of nitrogens with zero attached hydrogens (tertiary/aromatic N) is 2. The summed E-state index contributed by atoms with van der Waals surface area (Å²) in [7, 11) is 0. The van der Waals surface area contributed by atoms with Gasteiger partial charge in [0.25, 0.3) is 0 Å². The minimum atomic E-state index is 0.859. The van der Waals surface area contributed by atoms with Gasteiger partial charge in [-0.25, -0.2) is 0 Å². The summed E-state index contributed by atoms with van der Waals surface area (Å²) in [5, 5.41) is 7.16. The number of nitrogens with one attached hydrogen (secondary N) is 1. The van der Waals surface area contributed by atoms with Crippen LogP contribution in [0.25, 0.3) is 0 Å². The number of hydrogen-bond acceptors (Lipinski definition) is 4. The third-order valence-corrected chi connectivity index (χ3v) is 3.34. The van der Waals surface area contributed by atoms with Gasteiger partial charge in [-0.3, -0.25) is 4.90 Å². The number of fused-ring (bicyclic) bond motifs is 1. The predicted octanol–water partition coefficient (Wildman–Crippen LogP) is 0.326. The molecule has 0 amide bonds. The highest BCUT2D eigenvalue weighted by atomic mass is 16.5. The monoisotopic (exact) mass is 193 g/mol. The highest BCUT2D eigenvalue weighted by Gasteiger charge is 2.36. The smallest absolute Gasteiger partial charge is 0.150 e. The van der Waals surface area contributed by atoms with E-state index in [1.165, 1.54) is 26.2 Å². The SMILES string of the molecule is c1cc(CN2C[C@H]3CNC[C@H]3C2)on1. The van der Waals surface area contributed by atoms with Crippen LogP contribution < -0.4 is 5.32 Å². The van der Waals surface area contributed by atoms with Gasteiger partial charge in [0.15, 0.2) is 5.76 Å². The van der Waals surface area contributed by atoms with E-state index in [-0.39, 0.29) is 0 Å². The Labute approximate surface area is 83.2 Å². The van der Waals surface area contributed by atoms with Crippen LogP contribution in [0.4, 0.5) is 0 Å². The molecule has 2 saturated heterocycles. The predicted molar refractivity (Wildman–Crippen MR) is 51.6 cm³/mol. The van der Waals surface area contributed by atoms with Crippen LogP contribution in [0, 0.1) is 11.8 Å². The summed E-state index contributed by atoms with van der Waals surface area (Å²) >= 11 is 0. The van der Waals surface area contributed by atoms with Gasteiger partial charge in [-0.1, -0.05) is 5.16 Å². The zero-order valence-corrected chi connectivity index (χ0v) is 8.15. The molecule has 0 saturated carbocycles. The molecule has 0 aromatic carbocycles. The van der Waals surface area contributed by atoms with E-state index in [1.54, 1.807) is 6.20 Å². The molecule has 76 valence electrons. The first-order valence-corrected chi connectivity index (χ1v) is 5.24. The highest BCUT2D eigenvalue weighted by Crippen LogP contribution is 2.27. The molecule has 1 aromatic rings. The summed E-state index contributed by atoms with van der Waals surface area (Å²) in [6.45, 7) is 5.72. The number of aromatic nitrogens is 1. The third-order valence-electron chi connectivity index (χ3n) is 3.34. The third kappa shape index (κ3) is 1.44. The van der Waals surface area contributed by atoms with Crippen LogP contribution in [0.2, 0.25) is 0 Å². The van der Waals surface area contributed by atoms with Crippen molar-refractivity contribution >= 4 is 0 Å². The maximum atomic E-state index is 5.11. The molecule has 0 spiro atoms. The average Bonchev–Trinajstić information content (AvgIpc) is 2.78. The first-order chi connectivity index (χ1) is 6.92. The second kappa shape index (κ2) is 3.37. The fourth-order valence-corrected chi connectivity index (χ4v) is 2.63. The standard InChI is InChI=1S/C10H15N3O/c1-2-12-14-10(1)7-13-5-8-3-11-4-9(8)6-13/h1-2,8-9,11H,3-7H2/t8-,9+. The maximum absolute atomic E-state index is 5.11. The Morgan fingerprint density at radius 3 is 2.86 bits per heavy atom. The van der Waals surface area contributed by atoms with Crippen molar-refractivity contribution in [3.05, 3.63) is 18.0 Å². The fourth-order valence-electron chi connectivity index (χ4n) is 2.63. The minimum absolute atomic E-state index is 0.859. The van der Waals surface area contributed by atoms with Crippen LogP contribution in [0.3, 0.4) is 0 Å². The minimum Gasteiger partial charge on any atom is -0.360 e. The summed E-state index contributed by atoms with van der Waals surface area (Å²) in [6, 6.07) is 1.95. The number of hydrogen-bond donors (Lipinski definition) is 1. The molecule has 2 aliphatic rings. The molecular formula is C10H15N3O.